The first-order valence-electron chi connectivity index (χ1n) is 5.42. The van der Waals surface area contributed by atoms with Crippen LogP contribution in [0.3, 0.4) is 0 Å². The topological polar surface area (TPSA) is 87.5 Å². The molecule has 17 heavy (non-hydrogen) atoms. The van der Waals surface area contributed by atoms with Crippen molar-refractivity contribution in [2.45, 2.75) is 38.5 Å². The van der Waals surface area contributed by atoms with Crippen molar-refractivity contribution in [2.75, 3.05) is 20.2 Å². The molecule has 1 aliphatic rings. The van der Waals surface area contributed by atoms with Gasteiger partial charge in [0.25, 0.3) is 0 Å². The molecule has 96 valence electrons. The summed E-state index contributed by atoms with van der Waals surface area (Å²) in [5.74, 6) is 0. The van der Waals surface area contributed by atoms with Crippen LogP contribution in [0.25, 0.3) is 10.4 Å². The lowest BCUT2D eigenvalue weighted by Crippen LogP contribution is -2.36. The Morgan fingerprint density at radius 1 is 1.47 bits per heavy atom. The highest BCUT2D eigenvalue weighted by Gasteiger charge is 2.36. The number of carbonyl (C=O) groups is 1. The lowest BCUT2D eigenvalue weighted by molar-refractivity contribution is 0.0252. The Morgan fingerprint density at radius 3 is 2.59 bits per heavy atom. The van der Waals surface area contributed by atoms with Crippen molar-refractivity contribution in [3.05, 3.63) is 10.4 Å². The fourth-order valence-electron chi connectivity index (χ4n) is 1.64. The Kier molecular flexibility index (Phi) is 4.20. The molecule has 7 heteroatoms. The summed E-state index contributed by atoms with van der Waals surface area (Å²) >= 11 is 0. The predicted molar refractivity (Wildman–Crippen MR) is 61.5 cm³/mol. The first-order valence-corrected chi connectivity index (χ1v) is 5.42. The van der Waals surface area contributed by atoms with E-state index in [0.717, 1.165) is 0 Å². The molecule has 0 radical (unpaired) electrons. The maximum Gasteiger partial charge on any atom is 0.410 e. The van der Waals surface area contributed by atoms with Gasteiger partial charge in [-0.3, -0.25) is 0 Å². The molecule has 0 bridgehead atoms. The maximum atomic E-state index is 11.8. The molecule has 0 aliphatic carbocycles. The Labute approximate surface area is 100 Å². The van der Waals surface area contributed by atoms with Crippen LogP contribution >= 0.6 is 0 Å². The molecule has 0 aromatic carbocycles. The molecule has 0 saturated carbocycles. The van der Waals surface area contributed by atoms with Gasteiger partial charge in [0.1, 0.15) is 5.60 Å². The molecule has 1 heterocycles. The minimum atomic E-state index is -0.532. The second-order valence-electron chi connectivity index (χ2n) is 4.93. The fourth-order valence-corrected chi connectivity index (χ4v) is 1.64. The highest BCUT2D eigenvalue weighted by atomic mass is 16.6. The number of methoxy groups -OCH3 is 1. The van der Waals surface area contributed by atoms with Gasteiger partial charge in [0.05, 0.1) is 18.7 Å². The normalized spacial score (nSPS) is 24.4. The van der Waals surface area contributed by atoms with E-state index in [9.17, 15) is 4.79 Å². The van der Waals surface area contributed by atoms with Gasteiger partial charge < -0.3 is 14.4 Å². The Balaban J connectivity index is 2.64. The SMILES string of the molecule is CO[C@H]1CN(C(=O)OC(C)(C)C)C[C@@H]1N=[N+]=[N-]. The summed E-state index contributed by atoms with van der Waals surface area (Å²) < 4.78 is 10.4. The van der Waals surface area contributed by atoms with Gasteiger partial charge in [0.2, 0.25) is 0 Å². The smallest absolute Gasteiger partial charge is 0.410 e. The van der Waals surface area contributed by atoms with Crippen molar-refractivity contribution in [3.63, 3.8) is 0 Å². The van der Waals surface area contributed by atoms with Gasteiger partial charge in [0, 0.05) is 18.6 Å². The summed E-state index contributed by atoms with van der Waals surface area (Å²) in [6, 6.07) is -0.350. The highest BCUT2D eigenvalue weighted by molar-refractivity contribution is 5.68. The molecule has 7 nitrogen and oxygen atoms in total. The number of hydrogen-bond donors (Lipinski definition) is 0. The molecule has 0 unspecified atom stereocenters. The maximum absolute atomic E-state index is 11.8. The Bertz CT molecular complexity index is 333. The van der Waals surface area contributed by atoms with Crippen molar-refractivity contribution < 1.29 is 14.3 Å². The van der Waals surface area contributed by atoms with E-state index in [1.54, 1.807) is 20.8 Å². The lowest BCUT2D eigenvalue weighted by Gasteiger charge is -2.24. The molecule has 1 amide bonds. The second kappa shape index (κ2) is 5.25. The summed E-state index contributed by atoms with van der Waals surface area (Å²) in [6.45, 7) is 6.13. The third kappa shape index (κ3) is 3.80. The number of amides is 1. The van der Waals surface area contributed by atoms with Crippen LogP contribution in [0.15, 0.2) is 5.11 Å². The zero-order chi connectivity index (χ0) is 13.1. The number of ether oxygens (including phenoxy) is 2. The monoisotopic (exact) mass is 242 g/mol. The zero-order valence-electron chi connectivity index (χ0n) is 10.6. The average Bonchev–Trinajstić information content (AvgIpc) is 2.59. The van der Waals surface area contributed by atoms with Crippen LogP contribution in [0.2, 0.25) is 0 Å². The highest BCUT2D eigenvalue weighted by Crippen LogP contribution is 2.19. The molecule has 1 aliphatic heterocycles. The van der Waals surface area contributed by atoms with Crippen LogP contribution in [0, 0.1) is 0 Å². The number of carbonyl (C=O) groups excluding carboxylic acids is 1. The predicted octanol–water partition coefficient (Wildman–Crippen LogP) is 1.93. The number of nitrogens with zero attached hydrogens (tertiary/aromatic N) is 4. The largest absolute Gasteiger partial charge is 0.444 e. The average molecular weight is 242 g/mol. The molecular weight excluding hydrogens is 224 g/mol. The fraction of sp³-hybridized carbons (Fsp3) is 0.900. The molecular formula is C10H18N4O3. The second-order valence-corrected chi connectivity index (χ2v) is 4.93. The molecule has 0 N–H and O–H groups in total. The van der Waals surface area contributed by atoms with E-state index >= 15 is 0 Å². The Hall–Kier alpha value is -1.46. The van der Waals surface area contributed by atoms with Crippen molar-refractivity contribution in [2.24, 2.45) is 5.11 Å². The zero-order valence-corrected chi connectivity index (χ0v) is 10.6. The summed E-state index contributed by atoms with van der Waals surface area (Å²) in [5, 5.41) is 3.61. The summed E-state index contributed by atoms with van der Waals surface area (Å²) in [4.78, 5) is 16.0. The standard InChI is InChI=1S/C10H18N4O3/c1-10(2,3)17-9(15)14-5-7(12-13-11)8(6-14)16-4/h7-8H,5-6H2,1-4H3/t7-,8-/m0/s1. The quantitative estimate of drug-likeness (QED) is 0.421. The van der Waals surface area contributed by atoms with Crippen molar-refractivity contribution >= 4 is 6.09 Å². The molecule has 1 saturated heterocycles. The van der Waals surface area contributed by atoms with Crippen LogP contribution in [0.4, 0.5) is 4.79 Å². The molecule has 1 rings (SSSR count). The van der Waals surface area contributed by atoms with Gasteiger partial charge in [-0.2, -0.15) is 0 Å². The van der Waals surface area contributed by atoms with Gasteiger partial charge >= 0.3 is 6.09 Å². The van der Waals surface area contributed by atoms with Crippen molar-refractivity contribution in [1.82, 2.24) is 4.90 Å². The third-order valence-electron chi connectivity index (χ3n) is 2.39. The van der Waals surface area contributed by atoms with Crippen molar-refractivity contribution in [3.8, 4) is 0 Å². The minimum Gasteiger partial charge on any atom is -0.444 e. The minimum absolute atomic E-state index is 0.265. The number of rotatable bonds is 2. The van der Waals surface area contributed by atoms with E-state index in [4.69, 9.17) is 15.0 Å². The van der Waals surface area contributed by atoms with Gasteiger partial charge in [0.15, 0.2) is 0 Å². The Morgan fingerprint density at radius 2 is 2.12 bits per heavy atom. The van der Waals surface area contributed by atoms with E-state index in [2.05, 4.69) is 10.0 Å². The summed E-state index contributed by atoms with van der Waals surface area (Å²) in [7, 11) is 1.53. The third-order valence-corrected chi connectivity index (χ3v) is 2.39. The van der Waals surface area contributed by atoms with E-state index < -0.39 is 11.7 Å². The first kappa shape index (κ1) is 13.6. The summed E-state index contributed by atoms with van der Waals surface area (Å²) in [6.07, 6.45) is -0.673. The van der Waals surface area contributed by atoms with Crippen LogP contribution in [0.5, 0.6) is 0 Å². The van der Waals surface area contributed by atoms with Crippen LogP contribution in [-0.4, -0.2) is 48.9 Å². The van der Waals surface area contributed by atoms with Crippen LogP contribution in [0.1, 0.15) is 20.8 Å². The molecule has 0 spiro atoms. The van der Waals surface area contributed by atoms with Gasteiger partial charge in [-0.15, -0.1) is 0 Å². The molecule has 0 aromatic heterocycles. The molecule has 0 aromatic rings. The first-order chi connectivity index (χ1) is 7.87. The number of azide groups is 1. The molecule has 1 fully saturated rings. The number of hydrogen-bond acceptors (Lipinski definition) is 4. The number of likely N-dealkylation sites (tertiary alicyclic amines) is 1. The lowest BCUT2D eigenvalue weighted by atomic mass is 10.2. The summed E-state index contributed by atoms with van der Waals surface area (Å²) in [5.41, 5.74) is 7.89. The van der Waals surface area contributed by atoms with Gasteiger partial charge in [-0.1, -0.05) is 5.11 Å². The van der Waals surface area contributed by atoms with E-state index in [-0.39, 0.29) is 12.1 Å². The van der Waals surface area contributed by atoms with E-state index in [0.29, 0.717) is 13.1 Å². The van der Waals surface area contributed by atoms with E-state index in [1.807, 2.05) is 0 Å². The van der Waals surface area contributed by atoms with Gasteiger partial charge in [-0.05, 0) is 26.3 Å². The van der Waals surface area contributed by atoms with Gasteiger partial charge in [-0.25, -0.2) is 4.79 Å². The van der Waals surface area contributed by atoms with Crippen LogP contribution in [-0.2, 0) is 9.47 Å². The van der Waals surface area contributed by atoms with Crippen LogP contribution < -0.4 is 0 Å². The van der Waals surface area contributed by atoms with E-state index in [1.165, 1.54) is 12.0 Å². The van der Waals surface area contributed by atoms with Crippen molar-refractivity contribution in [1.29, 1.82) is 0 Å². The molecule has 2 atom stereocenters.